The van der Waals surface area contributed by atoms with Crippen LogP contribution < -0.4 is 4.90 Å². The molecule has 0 bridgehead atoms. The zero-order valence-corrected chi connectivity index (χ0v) is 20.8. The van der Waals surface area contributed by atoms with Crippen LogP contribution in [0.4, 0.5) is 5.69 Å². The van der Waals surface area contributed by atoms with Gasteiger partial charge in [0.2, 0.25) is 0 Å². The summed E-state index contributed by atoms with van der Waals surface area (Å²) in [7, 11) is 0. The highest BCUT2D eigenvalue weighted by Crippen LogP contribution is 2.46. The zero-order chi connectivity index (χ0) is 22.2. The number of rotatable bonds is 2. The van der Waals surface area contributed by atoms with E-state index in [0.717, 1.165) is 56.5 Å². The molecule has 0 saturated carbocycles. The molecule has 2 aliphatic heterocycles. The molecule has 1 aromatic heterocycles. The molecule has 2 aromatic carbocycles. The number of carbonyl (C=O) groups excluding carboxylic acids is 1. The van der Waals surface area contributed by atoms with Crippen LogP contribution >= 0.6 is 27.5 Å². The van der Waals surface area contributed by atoms with Gasteiger partial charge >= 0.3 is 0 Å². The van der Waals surface area contributed by atoms with Crippen LogP contribution in [0, 0.1) is 0 Å². The van der Waals surface area contributed by atoms with E-state index < -0.39 is 0 Å². The number of halogens is 2. The quantitative estimate of drug-likeness (QED) is 0.449. The molecule has 6 rings (SSSR count). The van der Waals surface area contributed by atoms with Gasteiger partial charge in [0.1, 0.15) is 0 Å². The molecule has 4 nitrogen and oxygen atoms in total. The molecule has 0 amide bonds. The van der Waals surface area contributed by atoms with Crippen LogP contribution in [0.2, 0.25) is 5.02 Å². The molecule has 6 heteroatoms. The fourth-order valence-corrected chi connectivity index (χ4v) is 6.47. The smallest absolute Gasteiger partial charge is 0.195 e. The predicted molar refractivity (Wildman–Crippen MR) is 134 cm³/mol. The topological polar surface area (TPSA) is 39.3 Å². The molecule has 2 fully saturated rings. The minimum atomic E-state index is -0.320. The first-order valence-corrected chi connectivity index (χ1v) is 12.7. The number of aromatic nitrogens is 1. The molecule has 166 valence electrons. The van der Waals surface area contributed by atoms with E-state index in [1.54, 1.807) is 0 Å². The molecule has 0 atom stereocenters. The Hall–Kier alpha value is -1.82. The van der Waals surface area contributed by atoms with Crippen molar-refractivity contribution in [1.82, 2.24) is 9.88 Å². The second kappa shape index (κ2) is 7.34. The molecular formula is C26H27BrClN3O. The van der Waals surface area contributed by atoms with Gasteiger partial charge in [-0.2, -0.15) is 0 Å². The van der Waals surface area contributed by atoms with Gasteiger partial charge in [-0.05, 0) is 62.2 Å². The van der Waals surface area contributed by atoms with Gasteiger partial charge in [-0.15, -0.1) is 0 Å². The number of hydrogen-bond acceptors (Lipinski definition) is 3. The molecule has 3 aliphatic rings. The maximum absolute atomic E-state index is 13.6. The largest absolute Gasteiger partial charge is 0.370 e. The number of fused-ring (bicyclic) bond motifs is 4. The van der Waals surface area contributed by atoms with Gasteiger partial charge in [-0.25, -0.2) is 0 Å². The molecule has 1 aliphatic carbocycles. The minimum Gasteiger partial charge on any atom is -0.370 e. The van der Waals surface area contributed by atoms with E-state index in [1.807, 2.05) is 24.3 Å². The Morgan fingerprint density at radius 1 is 1.09 bits per heavy atom. The van der Waals surface area contributed by atoms with Crippen LogP contribution in [0.25, 0.3) is 10.9 Å². The number of nitrogens with zero attached hydrogens (tertiary/aromatic N) is 2. The van der Waals surface area contributed by atoms with Crippen LogP contribution in [-0.4, -0.2) is 47.9 Å². The predicted octanol–water partition coefficient (Wildman–Crippen LogP) is 6.13. The summed E-state index contributed by atoms with van der Waals surface area (Å²) in [5, 5.41) is 1.65. The van der Waals surface area contributed by atoms with Crippen molar-refractivity contribution < 1.29 is 4.79 Å². The van der Waals surface area contributed by atoms with Crippen LogP contribution in [-0.2, 0) is 5.41 Å². The summed E-state index contributed by atoms with van der Waals surface area (Å²) in [4.78, 5) is 22.2. The monoisotopic (exact) mass is 511 g/mol. The van der Waals surface area contributed by atoms with Gasteiger partial charge in [-0.3, -0.25) is 4.79 Å². The lowest BCUT2D eigenvalue weighted by Gasteiger charge is -2.44. The van der Waals surface area contributed by atoms with Gasteiger partial charge in [0.05, 0.1) is 16.3 Å². The average molecular weight is 513 g/mol. The van der Waals surface area contributed by atoms with E-state index in [0.29, 0.717) is 11.1 Å². The van der Waals surface area contributed by atoms with E-state index in [1.165, 1.54) is 32.4 Å². The normalized spacial score (nSPS) is 20.9. The number of hydrogen-bond donors (Lipinski definition) is 1. The summed E-state index contributed by atoms with van der Waals surface area (Å²) >= 11 is 10.4. The first-order chi connectivity index (χ1) is 15.3. The van der Waals surface area contributed by atoms with Crippen LogP contribution in [0.5, 0.6) is 0 Å². The first kappa shape index (κ1) is 20.8. The molecular weight excluding hydrogens is 486 g/mol. The molecule has 3 aromatic rings. The van der Waals surface area contributed by atoms with E-state index in [4.69, 9.17) is 11.6 Å². The Balaban J connectivity index is 1.40. The van der Waals surface area contributed by atoms with E-state index >= 15 is 0 Å². The lowest BCUT2D eigenvalue weighted by molar-refractivity contribution is 0.100. The summed E-state index contributed by atoms with van der Waals surface area (Å²) in [6, 6.07) is 10.9. The Bertz CT molecular complexity index is 1250. The molecule has 1 N–H and O–H groups in total. The van der Waals surface area contributed by atoms with Crippen molar-refractivity contribution in [3.05, 3.63) is 62.2 Å². The van der Waals surface area contributed by atoms with Crippen molar-refractivity contribution in [2.24, 2.45) is 0 Å². The number of nitrogens with one attached hydrogen (secondary N) is 1. The summed E-state index contributed by atoms with van der Waals surface area (Å²) in [5.41, 5.74) is 5.30. The van der Waals surface area contributed by atoms with Gasteiger partial charge in [-0.1, -0.05) is 47.4 Å². The van der Waals surface area contributed by atoms with E-state index in [2.05, 4.69) is 50.6 Å². The number of likely N-dealkylation sites (tertiary alicyclic amines) is 1. The highest BCUT2D eigenvalue weighted by atomic mass is 79.9. The second-order valence-electron chi connectivity index (χ2n) is 9.98. The second-order valence-corrected chi connectivity index (χ2v) is 11.3. The summed E-state index contributed by atoms with van der Waals surface area (Å²) in [6.07, 6.45) is 3.69. The number of aromatic amines is 1. The third-order valence-electron chi connectivity index (χ3n) is 7.83. The minimum absolute atomic E-state index is 0.0628. The Kier molecular flexibility index (Phi) is 4.76. The number of anilines is 1. The van der Waals surface area contributed by atoms with Gasteiger partial charge < -0.3 is 14.8 Å². The molecule has 0 spiro atoms. The van der Waals surface area contributed by atoms with E-state index in [-0.39, 0.29) is 11.2 Å². The molecule has 0 radical (unpaired) electrons. The van der Waals surface area contributed by atoms with Gasteiger partial charge in [0, 0.05) is 51.2 Å². The lowest BCUT2D eigenvalue weighted by Crippen LogP contribution is -2.50. The number of benzene rings is 2. The lowest BCUT2D eigenvalue weighted by atomic mass is 9.71. The third-order valence-corrected chi connectivity index (χ3v) is 8.63. The zero-order valence-electron chi connectivity index (χ0n) is 18.5. The maximum atomic E-state index is 13.6. The first-order valence-electron chi connectivity index (χ1n) is 11.5. The molecule has 0 unspecified atom stereocenters. The van der Waals surface area contributed by atoms with Crippen molar-refractivity contribution in [2.45, 2.75) is 44.6 Å². The summed E-state index contributed by atoms with van der Waals surface area (Å²) < 4.78 is 0.998. The number of H-pyrrole nitrogens is 1. The number of piperidine rings is 1. The van der Waals surface area contributed by atoms with Crippen molar-refractivity contribution in [2.75, 3.05) is 31.1 Å². The Morgan fingerprint density at radius 3 is 2.53 bits per heavy atom. The molecule has 2 saturated heterocycles. The van der Waals surface area contributed by atoms with E-state index in [9.17, 15) is 4.79 Å². The van der Waals surface area contributed by atoms with Crippen LogP contribution in [0.1, 0.15) is 60.3 Å². The van der Waals surface area contributed by atoms with Crippen molar-refractivity contribution >= 4 is 49.9 Å². The van der Waals surface area contributed by atoms with Crippen molar-refractivity contribution in [1.29, 1.82) is 0 Å². The van der Waals surface area contributed by atoms with Crippen LogP contribution in [0.3, 0.4) is 0 Å². The van der Waals surface area contributed by atoms with Crippen molar-refractivity contribution in [3.8, 4) is 0 Å². The fourth-order valence-electron chi connectivity index (χ4n) is 5.83. The highest BCUT2D eigenvalue weighted by molar-refractivity contribution is 9.10. The maximum Gasteiger partial charge on any atom is 0.195 e. The van der Waals surface area contributed by atoms with Crippen LogP contribution in [0.15, 0.2) is 34.8 Å². The van der Waals surface area contributed by atoms with Gasteiger partial charge in [0.25, 0.3) is 0 Å². The summed E-state index contributed by atoms with van der Waals surface area (Å²) in [6.45, 7) is 8.94. The fraction of sp³-hybridized carbons (Fsp3) is 0.423. The Morgan fingerprint density at radius 2 is 1.84 bits per heavy atom. The number of carbonyl (C=O) groups is 1. The number of ketones is 1. The average Bonchev–Trinajstić information content (AvgIpc) is 3.11. The highest BCUT2D eigenvalue weighted by Gasteiger charge is 2.41. The molecule has 3 heterocycles. The van der Waals surface area contributed by atoms with Gasteiger partial charge in [0.15, 0.2) is 5.78 Å². The Labute approximate surface area is 202 Å². The third kappa shape index (κ3) is 3.01. The standard InChI is InChI=1S/C26H27BrClN3O/c1-26(2)19-14-22(31-10-6-16(7-11-31)30-8-3-9-30)20(28)13-18(19)24(32)23-17-5-4-15(27)12-21(17)29-25(23)26/h4-5,12-14,16,29H,3,6-11H2,1-2H3. The van der Waals surface area contributed by atoms with Crippen molar-refractivity contribution in [3.63, 3.8) is 0 Å². The summed E-state index contributed by atoms with van der Waals surface area (Å²) in [5.74, 6) is 0.0628. The molecule has 32 heavy (non-hydrogen) atoms. The SMILES string of the molecule is CC1(C)c2cc(N3CCC(N4CCC4)CC3)c(Cl)cc2C(=O)c2c1[nH]c1cc(Br)ccc21.